The van der Waals surface area contributed by atoms with Crippen LogP contribution in [0.3, 0.4) is 0 Å². The van der Waals surface area contributed by atoms with Crippen molar-refractivity contribution in [2.45, 2.75) is 50.2 Å². The van der Waals surface area contributed by atoms with Crippen molar-refractivity contribution in [2.75, 3.05) is 58.9 Å². The van der Waals surface area contributed by atoms with Gasteiger partial charge in [0, 0.05) is 36.6 Å². The monoisotopic (exact) mass is 915 g/mol. The number of aliphatic carboxylic acids is 1. The van der Waals surface area contributed by atoms with Crippen molar-refractivity contribution in [3.8, 4) is 0 Å². The minimum Gasteiger partial charge on any atom is -0.480 e. The molecule has 21 N–H and O–H groups in total. The van der Waals surface area contributed by atoms with Crippen molar-refractivity contribution >= 4 is 82.0 Å². The minimum atomic E-state index is -1.30. The average molecular weight is 916 g/mol. The van der Waals surface area contributed by atoms with Gasteiger partial charge < -0.3 is 86.6 Å². The number of carbonyl (C=O) groups excluding carboxylic acids is 9. The van der Waals surface area contributed by atoms with Crippen LogP contribution in [0.25, 0.3) is 10.9 Å². The SMILES string of the molecule is NC(N)=NCCC[C@H](NC(=O)CNC(=O)CNC(=O)CNC(=O)CNC(=O)CNC(=O)[C@H](Cc1c[nH]c2ccccc12)NC(=O)CNC(=O)CNC(=O)[C@@H](N)CCCN=C(N)N)C(=O)O. The number of nitrogens with zero attached hydrogens (tertiary/aromatic N) is 2. The van der Waals surface area contributed by atoms with Gasteiger partial charge in [-0.15, -0.1) is 0 Å². The van der Waals surface area contributed by atoms with E-state index in [1.807, 2.05) is 6.07 Å². The fraction of sp³-hybridized carbons (Fsp3) is 0.459. The molecule has 0 unspecified atom stereocenters. The van der Waals surface area contributed by atoms with Crippen LogP contribution in [0.4, 0.5) is 0 Å². The Hall–Kier alpha value is -8.04. The third-order valence-corrected chi connectivity index (χ3v) is 8.71. The first-order chi connectivity index (χ1) is 30.8. The second-order valence-corrected chi connectivity index (χ2v) is 14.0. The number of guanidine groups is 2. The zero-order valence-electron chi connectivity index (χ0n) is 35.3. The maximum absolute atomic E-state index is 13.3. The number of aromatic nitrogens is 1. The van der Waals surface area contributed by atoms with Gasteiger partial charge in [-0.05, 0) is 37.3 Å². The first-order valence-electron chi connectivity index (χ1n) is 20.0. The van der Waals surface area contributed by atoms with Crippen molar-refractivity contribution in [1.29, 1.82) is 0 Å². The summed E-state index contributed by atoms with van der Waals surface area (Å²) in [6.07, 6.45) is 2.56. The molecular weight excluding hydrogens is 859 g/mol. The Labute approximate surface area is 371 Å². The Kier molecular flexibility index (Phi) is 23.3. The molecule has 0 saturated heterocycles. The van der Waals surface area contributed by atoms with Gasteiger partial charge in [0.2, 0.25) is 53.2 Å². The van der Waals surface area contributed by atoms with Crippen LogP contribution in [0.5, 0.6) is 0 Å². The summed E-state index contributed by atoms with van der Waals surface area (Å²) < 4.78 is 0. The molecule has 0 spiro atoms. The zero-order valence-corrected chi connectivity index (χ0v) is 35.3. The van der Waals surface area contributed by atoms with Crippen LogP contribution in [-0.4, -0.2) is 158 Å². The Morgan fingerprint density at radius 1 is 0.554 bits per heavy atom. The summed E-state index contributed by atoms with van der Waals surface area (Å²) in [5.74, 6) is -8.45. The van der Waals surface area contributed by atoms with E-state index in [0.717, 1.165) is 10.9 Å². The predicted octanol–water partition coefficient (Wildman–Crippen LogP) is -7.99. The maximum Gasteiger partial charge on any atom is 0.326 e. The molecule has 0 aliphatic heterocycles. The number of para-hydroxylation sites is 1. The van der Waals surface area contributed by atoms with E-state index in [-0.39, 0.29) is 50.7 Å². The van der Waals surface area contributed by atoms with Crippen LogP contribution in [-0.2, 0) is 54.4 Å². The Morgan fingerprint density at radius 3 is 1.45 bits per heavy atom. The molecule has 28 heteroatoms. The number of fused-ring (bicyclic) bond motifs is 1. The smallest absolute Gasteiger partial charge is 0.326 e. The molecule has 2 aromatic rings. The number of hydrogen-bond donors (Lipinski definition) is 16. The highest BCUT2D eigenvalue weighted by Crippen LogP contribution is 2.19. The van der Waals surface area contributed by atoms with E-state index in [4.69, 9.17) is 28.7 Å². The highest BCUT2D eigenvalue weighted by molar-refractivity contribution is 5.95. The number of carboxylic acid groups (broad SMARTS) is 1. The fourth-order valence-electron chi connectivity index (χ4n) is 5.43. The van der Waals surface area contributed by atoms with Crippen LogP contribution in [0.2, 0.25) is 0 Å². The molecule has 0 bridgehead atoms. The normalized spacial score (nSPS) is 11.8. The van der Waals surface area contributed by atoms with E-state index in [2.05, 4.69) is 62.8 Å². The molecule has 3 atom stereocenters. The van der Waals surface area contributed by atoms with E-state index < -0.39 is 123 Å². The number of H-pyrrole nitrogens is 1. The molecule has 356 valence electrons. The predicted molar refractivity (Wildman–Crippen MR) is 232 cm³/mol. The summed E-state index contributed by atoms with van der Waals surface area (Å²) >= 11 is 0. The summed E-state index contributed by atoms with van der Waals surface area (Å²) in [5, 5.41) is 30.8. The second kappa shape index (κ2) is 28.5. The van der Waals surface area contributed by atoms with Crippen LogP contribution in [0.15, 0.2) is 40.4 Å². The number of carbonyl (C=O) groups is 10. The molecule has 1 aromatic carbocycles. The summed E-state index contributed by atoms with van der Waals surface area (Å²) in [5.41, 5.74) is 28.2. The Bertz CT molecular complexity index is 2070. The molecule has 9 amide bonds. The quantitative estimate of drug-likeness (QED) is 0.0205. The van der Waals surface area contributed by atoms with Gasteiger partial charge in [0.05, 0.1) is 51.9 Å². The van der Waals surface area contributed by atoms with Gasteiger partial charge in [0.1, 0.15) is 12.1 Å². The van der Waals surface area contributed by atoms with Crippen molar-refractivity contribution < 1.29 is 53.1 Å². The lowest BCUT2D eigenvalue weighted by atomic mass is 10.0. The van der Waals surface area contributed by atoms with Crippen LogP contribution < -0.4 is 76.5 Å². The van der Waals surface area contributed by atoms with Crippen molar-refractivity contribution in [2.24, 2.45) is 38.7 Å². The molecule has 28 nitrogen and oxygen atoms in total. The van der Waals surface area contributed by atoms with Gasteiger partial charge >= 0.3 is 5.97 Å². The molecule has 1 heterocycles. The number of rotatable bonds is 29. The molecule has 65 heavy (non-hydrogen) atoms. The lowest BCUT2D eigenvalue weighted by Gasteiger charge is -2.19. The maximum atomic E-state index is 13.3. The zero-order chi connectivity index (χ0) is 48.3. The third-order valence-electron chi connectivity index (χ3n) is 8.71. The number of nitrogens with two attached hydrogens (primary N) is 5. The standard InChI is InChI=1S/C37H57N17O11/c38-22(6-3-9-43-36(39)40)33(62)51-16-29(58)50-19-32(61)54-25(11-20-12-45-23-7-2-1-5-21(20)23)34(63)52-17-30(59)48-14-27(56)46-13-26(55)47-15-28(57)49-18-31(60)53-24(35(64)65)8-4-10-44-37(41)42/h1-2,5,7,12,22,24-25,45H,3-4,6,8-11,13-19,38H2,(H,46,56)(H,47,55)(H,48,59)(H,49,57)(H,50,58)(H,51,62)(H,52,63)(H,53,60)(H,54,61)(H,64,65)(H4,39,40,43)(H4,41,42,44)/t22-,24-,25-/m0/s1. The number of aromatic amines is 1. The van der Waals surface area contributed by atoms with Gasteiger partial charge in [-0.25, -0.2) is 4.79 Å². The largest absolute Gasteiger partial charge is 0.480 e. The summed E-state index contributed by atoms with van der Waals surface area (Å²) in [4.78, 5) is 134. The molecule has 0 aliphatic carbocycles. The van der Waals surface area contributed by atoms with E-state index >= 15 is 0 Å². The van der Waals surface area contributed by atoms with Crippen molar-refractivity contribution in [3.63, 3.8) is 0 Å². The second-order valence-electron chi connectivity index (χ2n) is 14.0. The van der Waals surface area contributed by atoms with Crippen LogP contribution >= 0.6 is 0 Å². The molecule has 2 rings (SSSR count). The van der Waals surface area contributed by atoms with E-state index in [0.29, 0.717) is 12.0 Å². The number of hydrogen-bond acceptors (Lipinski definition) is 13. The molecule has 0 fully saturated rings. The number of benzene rings is 1. The van der Waals surface area contributed by atoms with Gasteiger partial charge in [0.15, 0.2) is 11.9 Å². The molecule has 0 saturated carbocycles. The van der Waals surface area contributed by atoms with Gasteiger partial charge in [-0.1, -0.05) is 18.2 Å². The topological polar surface area (TPSA) is 470 Å². The third kappa shape index (κ3) is 22.6. The summed E-state index contributed by atoms with van der Waals surface area (Å²) in [6, 6.07) is 3.76. The van der Waals surface area contributed by atoms with Gasteiger partial charge in [0.25, 0.3) is 0 Å². The van der Waals surface area contributed by atoms with E-state index in [1.165, 1.54) is 0 Å². The number of carboxylic acids is 1. The average Bonchev–Trinajstić information content (AvgIpc) is 3.67. The highest BCUT2D eigenvalue weighted by atomic mass is 16.4. The number of aliphatic imine (C=N–C) groups is 2. The molecule has 0 radical (unpaired) electrons. The van der Waals surface area contributed by atoms with Crippen LogP contribution in [0.1, 0.15) is 31.2 Å². The Morgan fingerprint density at radius 2 is 0.969 bits per heavy atom. The Balaban J connectivity index is 1.78. The fourth-order valence-corrected chi connectivity index (χ4v) is 5.43. The van der Waals surface area contributed by atoms with Gasteiger partial charge in [-0.2, -0.15) is 0 Å². The lowest BCUT2D eigenvalue weighted by molar-refractivity contribution is -0.142. The molecular formula is C37H57N17O11. The summed E-state index contributed by atoms with van der Waals surface area (Å²) in [7, 11) is 0. The van der Waals surface area contributed by atoms with E-state index in [9.17, 15) is 53.1 Å². The van der Waals surface area contributed by atoms with Crippen molar-refractivity contribution in [1.82, 2.24) is 52.8 Å². The lowest BCUT2D eigenvalue weighted by Crippen LogP contribution is -2.53. The van der Waals surface area contributed by atoms with Crippen molar-refractivity contribution in [3.05, 3.63) is 36.0 Å². The number of nitrogens with one attached hydrogen (secondary N) is 10. The highest BCUT2D eigenvalue weighted by Gasteiger charge is 2.24. The molecule has 1 aromatic heterocycles. The van der Waals surface area contributed by atoms with Crippen LogP contribution in [0, 0.1) is 0 Å². The van der Waals surface area contributed by atoms with Gasteiger partial charge in [-0.3, -0.25) is 53.1 Å². The first-order valence-corrected chi connectivity index (χ1v) is 20.0. The minimum absolute atomic E-state index is 0.0174. The first kappa shape index (κ1) is 53.1. The summed E-state index contributed by atoms with van der Waals surface area (Å²) in [6.45, 7) is -3.64. The molecule has 0 aliphatic rings. The number of amides is 9. The van der Waals surface area contributed by atoms with E-state index in [1.54, 1.807) is 24.4 Å².